The predicted molar refractivity (Wildman–Crippen MR) is 76.2 cm³/mol. The molecule has 110 valence electrons. The Morgan fingerprint density at radius 3 is 2.80 bits per heavy atom. The Hall–Kier alpha value is -1.62. The van der Waals surface area contributed by atoms with Gasteiger partial charge >= 0.3 is 5.97 Å². The van der Waals surface area contributed by atoms with E-state index in [4.69, 9.17) is 4.74 Å². The number of nitrogens with one attached hydrogen (secondary N) is 1. The maximum Gasteiger partial charge on any atom is 0.332 e. The number of hydrogen-bond acceptors (Lipinski definition) is 4. The first-order valence-corrected chi connectivity index (χ1v) is 6.77. The molecule has 0 radical (unpaired) electrons. The quantitative estimate of drug-likeness (QED) is 0.862. The van der Waals surface area contributed by atoms with Gasteiger partial charge in [-0.2, -0.15) is 0 Å². The van der Waals surface area contributed by atoms with Gasteiger partial charge in [-0.1, -0.05) is 0 Å². The maximum absolute atomic E-state index is 13.5. The van der Waals surface area contributed by atoms with Crippen molar-refractivity contribution in [3.05, 3.63) is 29.6 Å². The lowest BCUT2D eigenvalue weighted by Gasteiger charge is -2.40. The van der Waals surface area contributed by atoms with E-state index in [-0.39, 0.29) is 11.8 Å². The summed E-state index contributed by atoms with van der Waals surface area (Å²) < 4.78 is 18.5. The first-order chi connectivity index (χ1) is 9.45. The highest BCUT2D eigenvalue weighted by Gasteiger charge is 2.42. The molecule has 4 nitrogen and oxygen atoms in total. The van der Waals surface area contributed by atoms with E-state index in [9.17, 15) is 9.18 Å². The van der Waals surface area contributed by atoms with Crippen molar-refractivity contribution in [1.82, 2.24) is 4.90 Å². The molecule has 1 aliphatic heterocycles. The maximum atomic E-state index is 13.5. The Kier molecular flexibility index (Phi) is 4.28. The minimum Gasteiger partial charge on any atom is -0.467 e. The lowest BCUT2D eigenvalue weighted by molar-refractivity contribution is -0.147. The van der Waals surface area contributed by atoms with Crippen LogP contribution in [0.15, 0.2) is 18.2 Å². The fraction of sp³-hybridized carbons (Fsp3) is 0.533. The van der Waals surface area contributed by atoms with Gasteiger partial charge in [-0.05, 0) is 57.1 Å². The van der Waals surface area contributed by atoms with Gasteiger partial charge in [0.1, 0.15) is 11.4 Å². The number of hydrogen-bond donors (Lipinski definition) is 1. The van der Waals surface area contributed by atoms with Crippen molar-refractivity contribution in [2.45, 2.75) is 25.3 Å². The van der Waals surface area contributed by atoms with Crippen molar-refractivity contribution < 1.29 is 13.9 Å². The zero-order valence-corrected chi connectivity index (χ0v) is 12.2. The van der Waals surface area contributed by atoms with Crippen LogP contribution in [-0.4, -0.2) is 43.7 Å². The van der Waals surface area contributed by atoms with Gasteiger partial charge in [0, 0.05) is 12.2 Å². The molecule has 1 saturated heterocycles. The van der Waals surface area contributed by atoms with Crippen molar-refractivity contribution in [2.75, 3.05) is 32.6 Å². The van der Waals surface area contributed by atoms with E-state index in [0.717, 1.165) is 18.5 Å². The average Bonchev–Trinajstić information content (AvgIpc) is 2.36. The van der Waals surface area contributed by atoms with E-state index in [2.05, 4.69) is 10.2 Å². The summed E-state index contributed by atoms with van der Waals surface area (Å²) in [7, 11) is 3.35. The zero-order valence-electron chi connectivity index (χ0n) is 12.2. The van der Waals surface area contributed by atoms with Crippen LogP contribution in [0.2, 0.25) is 0 Å². The number of benzene rings is 1. The van der Waals surface area contributed by atoms with Gasteiger partial charge in [-0.25, -0.2) is 9.18 Å². The lowest BCUT2D eigenvalue weighted by atomic mass is 9.88. The number of rotatable bonds is 3. The molecule has 5 heteroatoms. The third kappa shape index (κ3) is 3.10. The molecular formula is C15H21FN2O2. The summed E-state index contributed by atoms with van der Waals surface area (Å²) in [6.07, 6.45) is 1.58. The van der Waals surface area contributed by atoms with Crippen LogP contribution in [0.3, 0.4) is 0 Å². The molecule has 1 fully saturated rings. The molecule has 0 spiro atoms. The molecule has 1 aliphatic rings. The highest BCUT2D eigenvalue weighted by molar-refractivity contribution is 5.85. The van der Waals surface area contributed by atoms with E-state index >= 15 is 0 Å². The lowest BCUT2D eigenvalue weighted by Crippen LogP contribution is -2.57. The fourth-order valence-electron chi connectivity index (χ4n) is 2.87. The molecule has 1 N–H and O–H groups in total. The molecule has 0 aliphatic carbocycles. The summed E-state index contributed by atoms with van der Waals surface area (Å²) in [5.41, 5.74) is 0.627. The van der Waals surface area contributed by atoms with Crippen LogP contribution >= 0.6 is 0 Å². The Labute approximate surface area is 118 Å². The van der Waals surface area contributed by atoms with Gasteiger partial charge in [0.15, 0.2) is 0 Å². The number of halogens is 1. The number of piperidine rings is 1. The van der Waals surface area contributed by atoms with Crippen molar-refractivity contribution in [1.29, 1.82) is 0 Å². The van der Waals surface area contributed by atoms with Crippen LogP contribution in [0.5, 0.6) is 0 Å². The summed E-state index contributed by atoms with van der Waals surface area (Å²) in [6, 6.07) is 4.71. The Morgan fingerprint density at radius 1 is 1.45 bits per heavy atom. The Bertz CT molecular complexity index is 486. The van der Waals surface area contributed by atoms with Crippen molar-refractivity contribution in [3.63, 3.8) is 0 Å². The van der Waals surface area contributed by atoms with Crippen molar-refractivity contribution >= 4 is 11.7 Å². The smallest absolute Gasteiger partial charge is 0.332 e. The van der Waals surface area contributed by atoms with Crippen LogP contribution in [0.1, 0.15) is 18.4 Å². The monoisotopic (exact) mass is 280 g/mol. The zero-order chi connectivity index (χ0) is 14.8. The van der Waals surface area contributed by atoms with E-state index in [1.807, 2.05) is 20.0 Å². The van der Waals surface area contributed by atoms with Gasteiger partial charge in [-0.3, -0.25) is 0 Å². The molecule has 1 aromatic carbocycles. The number of aryl methyl sites for hydroxylation is 1. The standard InChI is InChI=1S/C15H21FN2O2/c1-11-7-12(16)9-13(8-11)17-15(14(19)20-3)5-4-6-18(2)10-15/h7-9,17H,4-6,10H2,1-3H3. The molecule has 0 bridgehead atoms. The number of likely N-dealkylation sites (tertiary alicyclic amines) is 1. The third-order valence-corrected chi connectivity index (χ3v) is 3.69. The van der Waals surface area contributed by atoms with Crippen molar-refractivity contribution in [3.8, 4) is 0 Å². The third-order valence-electron chi connectivity index (χ3n) is 3.69. The van der Waals surface area contributed by atoms with E-state index in [1.54, 1.807) is 0 Å². The molecule has 0 aromatic heterocycles. The van der Waals surface area contributed by atoms with Crippen LogP contribution in [0.4, 0.5) is 10.1 Å². The largest absolute Gasteiger partial charge is 0.467 e. The molecular weight excluding hydrogens is 259 g/mol. The number of carbonyl (C=O) groups excluding carboxylic acids is 1. The van der Waals surface area contributed by atoms with Crippen LogP contribution in [0, 0.1) is 12.7 Å². The Morgan fingerprint density at radius 2 is 2.20 bits per heavy atom. The second-order valence-corrected chi connectivity index (χ2v) is 5.56. The van der Waals surface area contributed by atoms with Crippen LogP contribution in [-0.2, 0) is 9.53 Å². The molecule has 0 saturated carbocycles. The van der Waals surface area contributed by atoms with Crippen LogP contribution < -0.4 is 5.32 Å². The molecule has 1 heterocycles. The van der Waals surface area contributed by atoms with Gasteiger partial charge in [0.25, 0.3) is 0 Å². The molecule has 20 heavy (non-hydrogen) atoms. The van der Waals surface area contributed by atoms with E-state index < -0.39 is 5.54 Å². The highest BCUT2D eigenvalue weighted by Crippen LogP contribution is 2.27. The topological polar surface area (TPSA) is 41.6 Å². The average molecular weight is 280 g/mol. The molecule has 2 rings (SSSR count). The number of likely N-dealkylation sites (N-methyl/N-ethyl adjacent to an activating group) is 1. The number of nitrogens with zero attached hydrogens (tertiary/aromatic N) is 1. The minimum absolute atomic E-state index is 0.300. The SMILES string of the molecule is COC(=O)C1(Nc2cc(C)cc(F)c2)CCCN(C)C1. The normalized spacial score (nSPS) is 23.4. The Balaban J connectivity index is 2.30. The van der Waals surface area contributed by atoms with Gasteiger partial charge < -0.3 is 15.0 Å². The first kappa shape index (κ1) is 14.8. The predicted octanol–water partition coefficient (Wildman–Crippen LogP) is 2.18. The number of anilines is 1. The van der Waals surface area contributed by atoms with Crippen molar-refractivity contribution in [2.24, 2.45) is 0 Å². The fourth-order valence-corrected chi connectivity index (χ4v) is 2.87. The molecule has 1 unspecified atom stereocenters. The molecule has 1 aromatic rings. The van der Waals surface area contributed by atoms with E-state index in [1.165, 1.54) is 19.2 Å². The number of carbonyl (C=O) groups is 1. The summed E-state index contributed by atoms with van der Waals surface area (Å²) >= 11 is 0. The van der Waals surface area contributed by atoms with Crippen LogP contribution in [0.25, 0.3) is 0 Å². The molecule has 0 amide bonds. The van der Waals surface area contributed by atoms with E-state index in [0.29, 0.717) is 18.7 Å². The first-order valence-electron chi connectivity index (χ1n) is 6.77. The van der Waals surface area contributed by atoms with Gasteiger partial charge in [-0.15, -0.1) is 0 Å². The number of methoxy groups -OCH3 is 1. The number of ether oxygens (including phenoxy) is 1. The second-order valence-electron chi connectivity index (χ2n) is 5.56. The summed E-state index contributed by atoms with van der Waals surface area (Å²) in [5, 5.41) is 3.20. The summed E-state index contributed by atoms with van der Waals surface area (Å²) in [5.74, 6) is -0.609. The number of esters is 1. The summed E-state index contributed by atoms with van der Waals surface area (Å²) in [4.78, 5) is 14.3. The van der Waals surface area contributed by atoms with Gasteiger partial charge in [0.05, 0.1) is 7.11 Å². The highest BCUT2D eigenvalue weighted by atomic mass is 19.1. The molecule has 1 atom stereocenters. The minimum atomic E-state index is -0.804. The van der Waals surface area contributed by atoms with Gasteiger partial charge in [0.2, 0.25) is 0 Å². The summed E-state index contributed by atoms with van der Waals surface area (Å²) in [6.45, 7) is 3.32. The second kappa shape index (κ2) is 5.79.